The first-order valence-corrected chi connectivity index (χ1v) is 7.65. The van der Waals surface area contributed by atoms with E-state index in [0.29, 0.717) is 12.3 Å². The molecule has 24 heavy (non-hydrogen) atoms. The van der Waals surface area contributed by atoms with Gasteiger partial charge in [-0.2, -0.15) is 0 Å². The molecule has 0 saturated carbocycles. The summed E-state index contributed by atoms with van der Waals surface area (Å²) in [6, 6.07) is 8.12. The molecular weight excluding hydrogens is 312 g/mol. The highest BCUT2D eigenvalue weighted by atomic mass is 16.5. The Kier molecular flexibility index (Phi) is 5.95. The average molecular weight is 332 g/mol. The second-order valence-electron chi connectivity index (χ2n) is 5.14. The molecule has 0 radical (unpaired) electrons. The molecule has 0 N–H and O–H groups in total. The smallest absolute Gasteiger partial charge is 0.307 e. The summed E-state index contributed by atoms with van der Waals surface area (Å²) in [6.07, 6.45) is 1.78. The molecule has 7 nitrogen and oxygen atoms in total. The predicted octanol–water partition coefficient (Wildman–Crippen LogP) is 1.51. The SMILES string of the molecule is CCN(CCC(=O)OC)C(=O)c1ccc(Cn2ccccc2=O)o1. The number of methoxy groups -OCH3 is 1. The second kappa shape index (κ2) is 8.14. The van der Waals surface area contributed by atoms with E-state index in [4.69, 9.17) is 4.42 Å². The van der Waals surface area contributed by atoms with Crippen LogP contribution in [-0.2, 0) is 16.1 Å². The van der Waals surface area contributed by atoms with Gasteiger partial charge in [-0.1, -0.05) is 6.07 Å². The number of ether oxygens (including phenoxy) is 1. The Hall–Kier alpha value is -2.83. The number of carbonyl (C=O) groups is 2. The summed E-state index contributed by atoms with van der Waals surface area (Å²) in [5.74, 6) is 0.0225. The van der Waals surface area contributed by atoms with Gasteiger partial charge in [0.05, 0.1) is 20.1 Å². The molecule has 0 aliphatic heterocycles. The van der Waals surface area contributed by atoms with Gasteiger partial charge in [-0.3, -0.25) is 14.4 Å². The van der Waals surface area contributed by atoms with Crippen molar-refractivity contribution in [3.63, 3.8) is 0 Å². The molecule has 1 amide bonds. The largest absolute Gasteiger partial charge is 0.469 e. The lowest BCUT2D eigenvalue weighted by molar-refractivity contribution is -0.140. The highest BCUT2D eigenvalue weighted by Crippen LogP contribution is 2.12. The zero-order chi connectivity index (χ0) is 17.5. The van der Waals surface area contributed by atoms with Gasteiger partial charge in [0.15, 0.2) is 5.76 Å². The monoisotopic (exact) mass is 332 g/mol. The highest BCUT2D eigenvalue weighted by Gasteiger charge is 2.19. The Bertz CT molecular complexity index is 762. The van der Waals surface area contributed by atoms with E-state index >= 15 is 0 Å². The maximum atomic E-state index is 12.4. The Balaban J connectivity index is 2.05. The van der Waals surface area contributed by atoms with Crippen molar-refractivity contribution in [2.75, 3.05) is 20.2 Å². The third-order valence-electron chi connectivity index (χ3n) is 3.58. The Morgan fingerprint density at radius 2 is 2.04 bits per heavy atom. The minimum Gasteiger partial charge on any atom is -0.469 e. The van der Waals surface area contributed by atoms with Crippen LogP contribution in [-0.4, -0.2) is 41.5 Å². The van der Waals surface area contributed by atoms with Crippen LogP contribution >= 0.6 is 0 Å². The Morgan fingerprint density at radius 3 is 2.71 bits per heavy atom. The van der Waals surface area contributed by atoms with Crippen LogP contribution in [0.25, 0.3) is 0 Å². The van der Waals surface area contributed by atoms with E-state index in [1.807, 2.05) is 6.92 Å². The second-order valence-corrected chi connectivity index (χ2v) is 5.14. The van der Waals surface area contributed by atoms with Gasteiger partial charge in [0.2, 0.25) is 0 Å². The van der Waals surface area contributed by atoms with Gasteiger partial charge in [-0.25, -0.2) is 0 Å². The third kappa shape index (κ3) is 4.34. The molecule has 0 atom stereocenters. The number of esters is 1. The van der Waals surface area contributed by atoms with Crippen molar-refractivity contribution in [3.05, 3.63) is 58.4 Å². The van der Waals surface area contributed by atoms with Crippen LogP contribution in [0.1, 0.15) is 29.7 Å². The maximum Gasteiger partial charge on any atom is 0.307 e. The van der Waals surface area contributed by atoms with Crippen LogP contribution in [0.3, 0.4) is 0 Å². The van der Waals surface area contributed by atoms with Gasteiger partial charge < -0.3 is 18.6 Å². The Labute approximate surface area is 139 Å². The van der Waals surface area contributed by atoms with E-state index in [9.17, 15) is 14.4 Å². The van der Waals surface area contributed by atoms with E-state index in [1.54, 1.807) is 30.5 Å². The fourth-order valence-corrected chi connectivity index (χ4v) is 2.22. The molecule has 0 aliphatic carbocycles. The lowest BCUT2D eigenvalue weighted by Gasteiger charge is -2.18. The van der Waals surface area contributed by atoms with Gasteiger partial charge in [-0.05, 0) is 25.1 Å². The molecule has 0 bridgehead atoms. The lowest BCUT2D eigenvalue weighted by Crippen LogP contribution is -2.32. The molecule has 0 aliphatic rings. The average Bonchev–Trinajstić information content (AvgIpc) is 3.05. The number of furan rings is 1. The van der Waals surface area contributed by atoms with Gasteiger partial charge >= 0.3 is 5.97 Å². The first kappa shape index (κ1) is 17.5. The molecule has 2 rings (SSSR count). The predicted molar refractivity (Wildman–Crippen MR) is 86.7 cm³/mol. The lowest BCUT2D eigenvalue weighted by atomic mass is 10.3. The first-order chi connectivity index (χ1) is 11.5. The van der Waals surface area contributed by atoms with Crippen LogP contribution < -0.4 is 5.56 Å². The van der Waals surface area contributed by atoms with Crippen molar-refractivity contribution in [2.24, 2.45) is 0 Å². The molecule has 0 spiro atoms. The summed E-state index contributed by atoms with van der Waals surface area (Å²) in [5, 5.41) is 0. The van der Waals surface area contributed by atoms with Gasteiger partial charge in [0.1, 0.15) is 5.76 Å². The standard InChI is InChI=1S/C17H20N2O5/c1-3-18(11-9-16(21)23-2)17(22)14-8-7-13(24-14)12-19-10-5-4-6-15(19)20/h4-8,10H,3,9,11-12H2,1-2H3. The summed E-state index contributed by atoms with van der Waals surface area (Å²) in [6.45, 7) is 2.78. The molecular formula is C17H20N2O5. The number of nitrogens with zero attached hydrogens (tertiary/aromatic N) is 2. The molecule has 0 aromatic carbocycles. The van der Waals surface area contributed by atoms with Crippen molar-refractivity contribution < 1.29 is 18.7 Å². The molecule has 7 heteroatoms. The van der Waals surface area contributed by atoms with Gasteiger partial charge in [0, 0.05) is 25.4 Å². The van der Waals surface area contributed by atoms with Crippen molar-refractivity contribution in [1.82, 2.24) is 9.47 Å². The maximum absolute atomic E-state index is 12.4. The van der Waals surface area contributed by atoms with Gasteiger partial charge in [-0.15, -0.1) is 0 Å². The molecule has 2 aromatic rings. The zero-order valence-corrected chi connectivity index (χ0v) is 13.7. The number of aromatic nitrogens is 1. The highest BCUT2D eigenvalue weighted by molar-refractivity contribution is 5.91. The third-order valence-corrected chi connectivity index (χ3v) is 3.58. The summed E-state index contributed by atoms with van der Waals surface area (Å²) in [7, 11) is 1.31. The number of carbonyl (C=O) groups excluding carboxylic acids is 2. The van der Waals surface area contributed by atoms with Crippen LogP contribution in [0.4, 0.5) is 0 Å². The molecule has 2 aromatic heterocycles. The minimum absolute atomic E-state index is 0.128. The Morgan fingerprint density at radius 1 is 1.25 bits per heavy atom. The fraction of sp³-hybridized carbons (Fsp3) is 0.353. The van der Waals surface area contributed by atoms with E-state index < -0.39 is 0 Å². The molecule has 0 fully saturated rings. The van der Waals surface area contributed by atoms with Crippen molar-refractivity contribution in [1.29, 1.82) is 0 Å². The topological polar surface area (TPSA) is 81.8 Å². The number of hydrogen-bond acceptors (Lipinski definition) is 5. The van der Waals surface area contributed by atoms with E-state index in [1.165, 1.54) is 22.6 Å². The first-order valence-electron chi connectivity index (χ1n) is 7.65. The number of pyridine rings is 1. The van der Waals surface area contributed by atoms with Crippen molar-refractivity contribution in [2.45, 2.75) is 19.9 Å². The van der Waals surface area contributed by atoms with Crippen LogP contribution in [0.2, 0.25) is 0 Å². The molecule has 2 heterocycles. The molecule has 0 saturated heterocycles. The van der Waals surface area contributed by atoms with E-state index in [-0.39, 0.29) is 42.7 Å². The summed E-state index contributed by atoms with van der Waals surface area (Å²) < 4.78 is 11.6. The van der Waals surface area contributed by atoms with Crippen LogP contribution in [0.5, 0.6) is 0 Å². The van der Waals surface area contributed by atoms with Crippen LogP contribution in [0.15, 0.2) is 45.7 Å². The van der Waals surface area contributed by atoms with Crippen molar-refractivity contribution in [3.8, 4) is 0 Å². The number of amides is 1. The van der Waals surface area contributed by atoms with E-state index in [0.717, 1.165) is 0 Å². The summed E-state index contributed by atoms with van der Waals surface area (Å²) >= 11 is 0. The molecule has 0 unspecified atom stereocenters. The summed E-state index contributed by atoms with van der Waals surface area (Å²) in [5.41, 5.74) is -0.143. The van der Waals surface area contributed by atoms with Gasteiger partial charge in [0.25, 0.3) is 11.5 Å². The zero-order valence-electron chi connectivity index (χ0n) is 13.7. The normalized spacial score (nSPS) is 10.4. The number of rotatable bonds is 7. The summed E-state index contributed by atoms with van der Waals surface area (Å²) in [4.78, 5) is 36.8. The van der Waals surface area contributed by atoms with Crippen molar-refractivity contribution >= 4 is 11.9 Å². The minimum atomic E-state index is -0.371. The van der Waals surface area contributed by atoms with E-state index in [2.05, 4.69) is 4.74 Å². The fourth-order valence-electron chi connectivity index (χ4n) is 2.22. The number of hydrogen-bond donors (Lipinski definition) is 0. The quantitative estimate of drug-likeness (QED) is 0.718. The van der Waals surface area contributed by atoms with Crippen LogP contribution in [0, 0.1) is 0 Å². The molecule has 128 valence electrons.